The monoisotopic (exact) mass is 703 g/mol. The number of halogens is 1. The number of pyridine rings is 1. The molecule has 8 nitrogen and oxygen atoms in total. The van der Waals surface area contributed by atoms with Crippen LogP contribution in [0, 0.1) is 6.92 Å². The smallest absolute Gasteiger partial charge is 0.246 e. The Morgan fingerprint density at radius 1 is 0.824 bits per heavy atom. The van der Waals surface area contributed by atoms with Crippen molar-refractivity contribution < 1.29 is 23.7 Å². The number of carbonyl (C=O) groups excluding carboxylic acids is 1. The SMILES string of the molecule is COc1cc(C=CC(=O)N2CCN(Cc3ccc(CCOc4cccc(C)c4)cc3)CC2)ccc1Oc1ccc(OCc2ccccc2Cl)cn1. The van der Waals surface area contributed by atoms with Crippen LogP contribution >= 0.6 is 11.6 Å². The molecule has 6 rings (SSSR count). The minimum atomic E-state index is -0.00720. The zero-order valence-corrected chi connectivity index (χ0v) is 29.7. The quantitative estimate of drug-likeness (QED) is 0.108. The van der Waals surface area contributed by atoms with Gasteiger partial charge in [0, 0.05) is 61.9 Å². The number of carbonyl (C=O) groups is 1. The van der Waals surface area contributed by atoms with Crippen LogP contribution in [0.5, 0.6) is 28.9 Å². The molecule has 2 heterocycles. The summed E-state index contributed by atoms with van der Waals surface area (Å²) in [6.07, 6.45) is 5.89. The molecule has 1 aliphatic rings. The van der Waals surface area contributed by atoms with Gasteiger partial charge in [-0.3, -0.25) is 9.69 Å². The highest BCUT2D eigenvalue weighted by Crippen LogP contribution is 2.32. The van der Waals surface area contributed by atoms with E-state index >= 15 is 0 Å². The molecule has 0 radical (unpaired) electrons. The maximum atomic E-state index is 13.0. The number of hydrogen-bond acceptors (Lipinski definition) is 7. The molecule has 0 spiro atoms. The van der Waals surface area contributed by atoms with Gasteiger partial charge in [-0.25, -0.2) is 4.98 Å². The number of nitrogens with zero attached hydrogens (tertiary/aromatic N) is 3. The van der Waals surface area contributed by atoms with Crippen molar-refractivity contribution in [3.05, 3.63) is 148 Å². The van der Waals surface area contributed by atoms with Crippen LogP contribution in [0.2, 0.25) is 5.02 Å². The highest BCUT2D eigenvalue weighted by atomic mass is 35.5. The molecule has 9 heteroatoms. The fraction of sp³-hybridized carbons (Fsp3) is 0.238. The third-order valence-corrected chi connectivity index (χ3v) is 9.01. The highest BCUT2D eigenvalue weighted by Gasteiger charge is 2.20. The summed E-state index contributed by atoms with van der Waals surface area (Å²) in [5, 5.41) is 0.657. The molecule has 1 aromatic heterocycles. The van der Waals surface area contributed by atoms with Gasteiger partial charge in [-0.1, -0.05) is 72.3 Å². The Kier molecular flexibility index (Phi) is 12.2. The van der Waals surface area contributed by atoms with Gasteiger partial charge in [0.15, 0.2) is 11.5 Å². The van der Waals surface area contributed by atoms with E-state index in [2.05, 4.69) is 53.2 Å². The second-order valence-corrected chi connectivity index (χ2v) is 12.8. The number of benzene rings is 4. The second-order valence-electron chi connectivity index (χ2n) is 12.4. The molecule has 1 amide bonds. The van der Waals surface area contributed by atoms with Gasteiger partial charge in [0.2, 0.25) is 11.8 Å². The van der Waals surface area contributed by atoms with Gasteiger partial charge < -0.3 is 23.8 Å². The maximum Gasteiger partial charge on any atom is 0.246 e. The molecule has 0 N–H and O–H groups in total. The molecule has 1 fully saturated rings. The molecule has 51 heavy (non-hydrogen) atoms. The van der Waals surface area contributed by atoms with Gasteiger partial charge >= 0.3 is 0 Å². The number of amides is 1. The molecule has 4 aromatic carbocycles. The van der Waals surface area contributed by atoms with E-state index in [-0.39, 0.29) is 5.91 Å². The van der Waals surface area contributed by atoms with E-state index in [0.29, 0.717) is 54.5 Å². The summed E-state index contributed by atoms with van der Waals surface area (Å²) >= 11 is 6.22. The van der Waals surface area contributed by atoms with E-state index in [0.717, 1.165) is 42.9 Å². The molecule has 1 saturated heterocycles. The van der Waals surface area contributed by atoms with Crippen molar-refractivity contribution in [3.8, 4) is 28.9 Å². The fourth-order valence-corrected chi connectivity index (χ4v) is 5.92. The average molecular weight is 704 g/mol. The largest absolute Gasteiger partial charge is 0.493 e. The first-order valence-corrected chi connectivity index (χ1v) is 17.4. The van der Waals surface area contributed by atoms with E-state index < -0.39 is 0 Å². The normalized spacial score (nSPS) is 13.3. The second kappa shape index (κ2) is 17.6. The Hall–Kier alpha value is -5.31. The molecule has 262 valence electrons. The molecule has 1 aliphatic heterocycles. The number of hydrogen-bond donors (Lipinski definition) is 0. The van der Waals surface area contributed by atoms with E-state index in [9.17, 15) is 4.79 Å². The van der Waals surface area contributed by atoms with Crippen molar-refractivity contribution in [1.82, 2.24) is 14.8 Å². The van der Waals surface area contributed by atoms with Gasteiger partial charge in [0.25, 0.3) is 0 Å². The topological polar surface area (TPSA) is 73.4 Å². The zero-order valence-electron chi connectivity index (χ0n) is 29.0. The summed E-state index contributed by atoms with van der Waals surface area (Å²) in [5.74, 6) is 2.94. The standard InChI is InChI=1S/C42H42ClN3O5/c1-31-6-5-8-36(26-31)49-25-20-32-10-12-34(13-11-32)29-45-21-23-46(24-22-45)42(47)19-15-33-14-17-39(40(27-33)48-2)51-41-18-16-37(28-44-41)50-30-35-7-3-4-9-38(35)43/h3-19,26-28H,20-25,29-30H2,1-2H3. The van der Waals surface area contributed by atoms with E-state index in [1.54, 1.807) is 43.7 Å². The van der Waals surface area contributed by atoms with Crippen LogP contribution in [0.4, 0.5) is 0 Å². The molecular formula is C42H42ClN3O5. The summed E-state index contributed by atoms with van der Waals surface area (Å²) in [4.78, 5) is 21.7. The molecular weight excluding hydrogens is 662 g/mol. The van der Waals surface area contributed by atoms with Crippen molar-refractivity contribution in [2.24, 2.45) is 0 Å². The third-order valence-electron chi connectivity index (χ3n) is 8.64. The predicted octanol–water partition coefficient (Wildman–Crippen LogP) is 8.40. The zero-order chi connectivity index (χ0) is 35.4. The van der Waals surface area contributed by atoms with Crippen molar-refractivity contribution >= 4 is 23.6 Å². The Balaban J connectivity index is 0.933. The van der Waals surface area contributed by atoms with Crippen LogP contribution in [-0.4, -0.2) is 60.6 Å². The molecule has 0 saturated carbocycles. The lowest BCUT2D eigenvalue weighted by molar-refractivity contribution is -0.127. The van der Waals surface area contributed by atoms with Gasteiger partial charge in [-0.2, -0.15) is 0 Å². The number of rotatable bonds is 14. The Morgan fingerprint density at radius 3 is 2.37 bits per heavy atom. The van der Waals surface area contributed by atoms with Crippen molar-refractivity contribution in [3.63, 3.8) is 0 Å². The lowest BCUT2D eigenvalue weighted by atomic mass is 10.1. The summed E-state index contributed by atoms with van der Waals surface area (Å²) in [6, 6.07) is 33.5. The Morgan fingerprint density at radius 2 is 1.63 bits per heavy atom. The molecule has 0 unspecified atom stereocenters. The average Bonchev–Trinajstić information content (AvgIpc) is 3.15. The van der Waals surface area contributed by atoms with E-state index in [1.165, 1.54) is 16.7 Å². The first-order valence-electron chi connectivity index (χ1n) is 17.1. The summed E-state index contributed by atoms with van der Waals surface area (Å²) < 4.78 is 23.3. The minimum absolute atomic E-state index is 0.00720. The Labute approximate surface area is 304 Å². The van der Waals surface area contributed by atoms with E-state index in [1.807, 2.05) is 53.4 Å². The lowest BCUT2D eigenvalue weighted by Gasteiger charge is -2.34. The lowest BCUT2D eigenvalue weighted by Crippen LogP contribution is -2.47. The van der Waals surface area contributed by atoms with Crippen molar-refractivity contribution in [1.29, 1.82) is 0 Å². The van der Waals surface area contributed by atoms with Crippen LogP contribution < -0.4 is 18.9 Å². The number of ether oxygens (including phenoxy) is 4. The molecule has 0 aliphatic carbocycles. The number of aryl methyl sites for hydroxylation is 1. The van der Waals surface area contributed by atoms with Crippen molar-refractivity contribution in [2.75, 3.05) is 39.9 Å². The summed E-state index contributed by atoms with van der Waals surface area (Å²) in [6.45, 7) is 6.95. The number of methoxy groups -OCH3 is 1. The maximum absolute atomic E-state index is 13.0. The first-order chi connectivity index (χ1) is 24.9. The van der Waals surface area contributed by atoms with Crippen LogP contribution in [-0.2, 0) is 24.4 Å². The Bertz CT molecular complexity index is 1920. The van der Waals surface area contributed by atoms with Crippen molar-refractivity contribution in [2.45, 2.75) is 26.5 Å². The van der Waals surface area contributed by atoms with Crippen LogP contribution in [0.3, 0.4) is 0 Å². The van der Waals surface area contributed by atoms with Crippen LogP contribution in [0.25, 0.3) is 6.08 Å². The fourth-order valence-electron chi connectivity index (χ4n) is 5.73. The van der Waals surface area contributed by atoms with Gasteiger partial charge in [-0.05, 0) is 71.7 Å². The summed E-state index contributed by atoms with van der Waals surface area (Å²) in [7, 11) is 1.58. The van der Waals surface area contributed by atoms with Gasteiger partial charge in [-0.15, -0.1) is 0 Å². The highest BCUT2D eigenvalue weighted by molar-refractivity contribution is 6.31. The molecule has 5 aromatic rings. The first kappa shape index (κ1) is 35.5. The third kappa shape index (κ3) is 10.4. The number of piperazine rings is 1. The van der Waals surface area contributed by atoms with Gasteiger partial charge in [0.05, 0.1) is 19.9 Å². The predicted molar refractivity (Wildman–Crippen MR) is 201 cm³/mol. The summed E-state index contributed by atoms with van der Waals surface area (Å²) in [5.41, 5.74) is 5.45. The van der Waals surface area contributed by atoms with Crippen LogP contribution in [0.15, 0.2) is 115 Å². The molecule has 0 atom stereocenters. The minimum Gasteiger partial charge on any atom is -0.493 e. The molecule has 0 bridgehead atoms. The van der Waals surface area contributed by atoms with Gasteiger partial charge in [0.1, 0.15) is 18.1 Å². The number of aromatic nitrogens is 1. The van der Waals surface area contributed by atoms with E-state index in [4.69, 9.17) is 30.5 Å². The van der Waals surface area contributed by atoms with Crippen LogP contribution in [0.1, 0.15) is 27.8 Å².